The highest BCUT2D eigenvalue weighted by atomic mass is 16.3. The van der Waals surface area contributed by atoms with Gasteiger partial charge >= 0.3 is 0 Å². The van der Waals surface area contributed by atoms with E-state index in [0.717, 1.165) is 31.4 Å². The Kier molecular flexibility index (Phi) is 3.33. The molecule has 0 amide bonds. The topological polar surface area (TPSA) is 38.1 Å². The first-order valence-corrected chi connectivity index (χ1v) is 6.43. The Bertz CT molecular complexity index is 347. The fraction of sp³-hybridized carbons (Fsp3) is 0.769. The lowest BCUT2D eigenvalue weighted by Crippen LogP contribution is -2.32. The van der Waals surface area contributed by atoms with Gasteiger partial charge in [0.15, 0.2) is 0 Å². The van der Waals surface area contributed by atoms with Crippen molar-refractivity contribution in [1.29, 1.82) is 0 Å². The van der Waals surface area contributed by atoms with Crippen LogP contribution in [0.3, 0.4) is 0 Å². The molecule has 1 aromatic heterocycles. The molecule has 0 radical (unpaired) electrons. The van der Waals surface area contributed by atoms with Gasteiger partial charge in [-0.15, -0.1) is 0 Å². The molecular weight excluding hydrogens is 200 g/mol. The number of aliphatic hydroxyl groups is 1. The largest absolute Gasteiger partial charge is 0.385 e. The zero-order valence-corrected chi connectivity index (χ0v) is 10.3. The second kappa shape index (κ2) is 4.58. The van der Waals surface area contributed by atoms with E-state index < -0.39 is 5.60 Å². The molecule has 0 bridgehead atoms. The normalized spacial score (nSPS) is 30.6. The van der Waals surface area contributed by atoms with E-state index in [1.807, 2.05) is 17.1 Å². The van der Waals surface area contributed by atoms with Crippen LogP contribution < -0.4 is 0 Å². The highest BCUT2D eigenvalue weighted by molar-refractivity contribution is 5.16. The number of hydrogen-bond acceptors (Lipinski definition) is 2. The van der Waals surface area contributed by atoms with E-state index in [9.17, 15) is 5.11 Å². The zero-order chi connectivity index (χ0) is 11.6. The van der Waals surface area contributed by atoms with Crippen molar-refractivity contribution in [2.24, 2.45) is 5.92 Å². The van der Waals surface area contributed by atoms with Crippen LogP contribution >= 0.6 is 0 Å². The fourth-order valence-electron chi connectivity index (χ4n) is 2.75. The van der Waals surface area contributed by atoms with E-state index in [2.05, 4.69) is 18.9 Å². The molecule has 3 nitrogen and oxygen atoms in total. The highest BCUT2D eigenvalue weighted by Crippen LogP contribution is 2.40. The van der Waals surface area contributed by atoms with E-state index >= 15 is 0 Å². The number of hydrogen-bond donors (Lipinski definition) is 1. The number of nitrogens with zero attached hydrogens (tertiary/aromatic N) is 2. The standard InChI is InChI=1S/C13H22N2O/c1-3-11-6-5-7-13(16,8-11)12-9-14-15(4-2)10-12/h9-11,16H,3-8H2,1-2H3. The van der Waals surface area contributed by atoms with Gasteiger partial charge in [-0.3, -0.25) is 4.68 Å². The molecule has 3 heteroatoms. The van der Waals surface area contributed by atoms with Crippen molar-refractivity contribution in [3.05, 3.63) is 18.0 Å². The Hall–Kier alpha value is -0.830. The molecule has 0 aromatic carbocycles. The van der Waals surface area contributed by atoms with Gasteiger partial charge in [-0.25, -0.2) is 0 Å². The number of aryl methyl sites for hydroxylation is 1. The van der Waals surface area contributed by atoms with Gasteiger partial charge in [0, 0.05) is 18.3 Å². The number of rotatable bonds is 3. The monoisotopic (exact) mass is 222 g/mol. The van der Waals surface area contributed by atoms with Crippen LogP contribution in [-0.4, -0.2) is 14.9 Å². The Morgan fingerprint density at radius 1 is 1.56 bits per heavy atom. The predicted molar refractivity (Wildman–Crippen MR) is 64.0 cm³/mol. The van der Waals surface area contributed by atoms with Crippen LogP contribution in [0.15, 0.2) is 12.4 Å². The molecule has 90 valence electrons. The second-order valence-electron chi connectivity index (χ2n) is 4.99. The quantitative estimate of drug-likeness (QED) is 0.854. The Morgan fingerprint density at radius 2 is 2.38 bits per heavy atom. The van der Waals surface area contributed by atoms with Gasteiger partial charge < -0.3 is 5.11 Å². The summed E-state index contributed by atoms with van der Waals surface area (Å²) in [5, 5.41) is 15.0. The lowest BCUT2D eigenvalue weighted by atomic mass is 9.74. The lowest BCUT2D eigenvalue weighted by Gasteiger charge is -2.36. The van der Waals surface area contributed by atoms with Gasteiger partial charge in [0.2, 0.25) is 0 Å². The van der Waals surface area contributed by atoms with E-state index in [1.54, 1.807) is 0 Å². The second-order valence-corrected chi connectivity index (χ2v) is 4.99. The van der Waals surface area contributed by atoms with Crippen LogP contribution in [0, 0.1) is 5.92 Å². The summed E-state index contributed by atoms with van der Waals surface area (Å²) >= 11 is 0. The van der Waals surface area contributed by atoms with Crippen LogP contribution in [0.2, 0.25) is 0 Å². The van der Waals surface area contributed by atoms with Crippen LogP contribution in [0.25, 0.3) is 0 Å². The summed E-state index contributed by atoms with van der Waals surface area (Å²) in [6.45, 7) is 5.15. The highest BCUT2D eigenvalue weighted by Gasteiger charge is 2.36. The van der Waals surface area contributed by atoms with Crippen molar-refractivity contribution in [2.75, 3.05) is 0 Å². The lowest BCUT2D eigenvalue weighted by molar-refractivity contribution is -0.0217. The maximum absolute atomic E-state index is 10.7. The van der Waals surface area contributed by atoms with Gasteiger partial charge in [-0.1, -0.05) is 19.8 Å². The molecule has 1 saturated carbocycles. The van der Waals surface area contributed by atoms with E-state index in [0.29, 0.717) is 5.92 Å². The molecule has 1 fully saturated rings. The fourth-order valence-corrected chi connectivity index (χ4v) is 2.75. The summed E-state index contributed by atoms with van der Waals surface area (Å²) in [5.74, 6) is 0.670. The first-order valence-electron chi connectivity index (χ1n) is 6.43. The molecule has 1 heterocycles. The maximum atomic E-state index is 10.7. The summed E-state index contributed by atoms with van der Waals surface area (Å²) in [4.78, 5) is 0. The molecule has 0 spiro atoms. The smallest absolute Gasteiger partial charge is 0.0929 e. The van der Waals surface area contributed by atoms with E-state index in [4.69, 9.17) is 0 Å². The van der Waals surface area contributed by atoms with Crippen molar-refractivity contribution in [3.63, 3.8) is 0 Å². The summed E-state index contributed by atoms with van der Waals surface area (Å²) in [6, 6.07) is 0. The zero-order valence-electron chi connectivity index (χ0n) is 10.3. The summed E-state index contributed by atoms with van der Waals surface area (Å²) in [5.41, 5.74) is 0.388. The Balaban J connectivity index is 2.16. The van der Waals surface area contributed by atoms with E-state index in [-0.39, 0.29) is 0 Å². The van der Waals surface area contributed by atoms with Crippen LogP contribution in [0.4, 0.5) is 0 Å². The molecule has 2 rings (SSSR count). The van der Waals surface area contributed by atoms with Gasteiger partial charge in [0.1, 0.15) is 0 Å². The third-order valence-corrected chi connectivity index (χ3v) is 3.90. The first kappa shape index (κ1) is 11.6. The SMILES string of the molecule is CCC1CCCC(O)(c2cnn(CC)c2)C1. The molecule has 1 aliphatic carbocycles. The average Bonchev–Trinajstić information content (AvgIpc) is 2.78. The minimum atomic E-state index is -0.619. The Morgan fingerprint density at radius 3 is 3.00 bits per heavy atom. The minimum absolute atomic E-state index is 0.619. The van der Waals surface area contributed by atoms with Gasteiger partial charge in [-0.2, -0.15) is 5.10 Å². The molecule has 2 atom stereocenters. The van der Waals surface area contributed by atoms with Crippen LogP contribution in [0.1, 0.15) is 51.5 Å². The molecule has 0 saturated heterocycles. The predicted octanol–water partition coefficient (Wildman–Crippen LogP) is 2.69. The molecular formula is C13H22N2O. The third kappa shape index (κ3) is 2.14. The summed E-state index contributed by atoms with van der Waals surface area (Å²) in [7, 11) is 0. The van der Waals surface area contributed by atoms with Crippen molar-refractivity contribution < 1.29 is 5.11 Å². The summed E-state index contributed by atoms with van der Waals surface area (Å²) in [6.07, 6.45) is 9.19. The third-order valence-electron chi connectivity index (χ3n) is 3.90. The molecule has 2 unspecified atom stereocenters. The summed E-state index contributed by atoms with van der Waals surface area (Å²) < 4.78 is 1.89. The molecule has 1 aliphatic rings. The molecule has 0 aliphatic heterocycles. The van der Waals surface area contributed by atoms with Crippen LogP contribution in [0.5, 0.6) is 0 Å². The Labute approximate surface area is 97.5 Å². The van der Waals surface area contributed by atoms with E-state index in [1.165, 1.54) is 12.8 Å². The first-order chi connectivity index (χ1) is 7.68. The molecule has 16 heavy (non-hydrogen) atoms. The van der Waals surface area contributed by atoms with Crippen molar-refractivity contribution >= 4 is 0 Å². The average molecular weight is 222 g/mol. The van der Waals surface area contributed by atoms with Gasteiger partial charge in [-0.05, 0) is 32.1 Å². The van der Waals surface area contributed by atoms with Crippen LogP contribution in [-0.2, 0) is 12.1 Å². The molecule has 1 aromatic rings. The van der Waals surface area contributed by atoms with Crippen molar-refractivity contribution in [3.8, 4) is 0 Å². The number of aromatic nitrogens is 2. The minimum Gasteiger partial charge on any atom is -0.385 e. The maximum Gasteiger partial charge on any atom is 0.0929 e. The molecule has 1 N–H and O–H groups in total. The van der Waals surface area contributed by atoms with Gasteiger partial charge in [0.25, 0.3) is 0 Å². The van der Waals surface area contributed by atoms with Crippen molar-refractivity contribution in [1.82, 2.24) is 9.78 Å². The van der Waals surface area contributed by atoms with Crippen molar-refractivity contribution in [2.45, 2.75) is 58.1 Å². The van der Waals surface area contributed by atoms with Gasteiger partial charge in [0.05, 0.1) is 11.8 Å².